The Kier molecular flexibility index (Phi) is 7.17. The van der Waals surface area contributed by atoms with Crippen molar-refractivity contribution in [1.29, 1.82) is 0 Å². The second kappa shape index (κ2) is 9.66. The van der Waals surface area contributed by atoms with Gasteiger partial charge in [0.25, 0.3) is 0 Å². The second-order valence-electron chi connectivity index (χ2n) is 5.65. The number of benzene rings is 1. The van der Waals surface area contributed by atoms with Gasteiger partial charge in [0.1, 0.15) is 0 Å². The molecule has 5 nitrogen and oxygen atoms in total. The largest absolute Gasteiger partial charge is 0.356 e. The fourth-order valence-electron chi connectivity index (χ4n) is 2.46. The summed E-state index contributed by atoms with van der Waals surface area (Å²) in [4.78, 5) is 4.26. The topological polar surface area (TPSA) is 54.2 Å². The van der Waals surface area contributed by atoms with Gasteiger partial charge in [-0.05, 0) is 30.4 Å². The maximum Gasteiger partial charge on any atom is 0.190 e. The average molecular weight is 313 g/mol. The van der Waals surface area contributed by atoms with Gasteiger partial charge in [-0.15, -0.1) is 0 Å². The minimum atomic E-state index is 0.543. The van der Waals surface area contributed by atoms with Crippen LogP contribution in [0.2, 0.25) is 0 Å². The van der Waals surface area contributed by atoms with Gasteiger partial charge < -0.3 is 10.6 Å². The van der Waals surface area contributed by atoms with E-state index in [4.69, 9.17) is 0 Å². The zero-order valence-corrected chi connectivity index (χ0v) is 14.1. The van der Waals surface area contributed by atoms with Crippen molar-refractivity contribution in [3.05, 3.63) is 54.4 Å². The maximum atomic E-state index is 4.26. The number of nitrogens with zero attached hydrogens (tertiary/aromatic N) is 3. The molecule has 2 aromatic rings. The Morgan fingerprint density at radius 2 is 1.96 bits per heavy atom. The third-order valence-corrected chi connectivity index (χ3v) is 3.88. The van der Waals surface area contributed by atoms with E-state index in [1.807, 2.05) is 30.2 Å². The molecule has 0 fully saturated rings. The van der Waals surface area contributed by atoms with Crippen molar-refractivity contribution in [2.75, 3.05) is 20.1 Å². The van der Waals surface area contributed by atoms with Crippen LogP contribution in [0.1, 0.15) is 31.2 Å². The Bertz CT molecular complexity index is 562. The molecule has 23 heavy (non-hydrogen) atoms. The van der Waals surface area contributed by atoms with Gasteiger partial charge in [-0.25, -0.2) is 0 Å². The highest BCUT2D eigenvalue weighted by Gasteiger charge is 2.05. The summed E-state index contributed by atoms with van der Waals surface area (Å²) < 4.78 is 1.94. The lowest BCUT2D eigenvalue weighted by Gasteiger charge is -2.15. The molecule has 1 unspecified atom stereocenters. The summed E-state index contributed by atoms with van der Waals surface area (Å²) in [6.07, 6.45) is 5.89. The van der Waals surface area contributed by atoms with Crippen LogP contribution in [0, 0.1) is 0 Å². The van der Waals surface area contributed by atoms with Crippen molar-refractivity contribution in [1.82, 2.24) is 20.4 Å². The van der Waals surface area contributed by atoms with Crippen molar-refractivity contribution >= 4 is 5.96 Å². The molecule has 1 aromatic carbocycles. The Balaban J connectivity index is 1.61. The first-order valence-corrected chi connectivity index (χ1v) is 8.26. The van der Waals surface area contributed by atoms with E-state index in [2.05, 4.69) is 58.0 Å². The molecule has 0 radical (unpaired) electrons. The van der Waals surface area contributed by atoms with Crippen LogP contribution in [0.15, 0.2) is 53.8 Å². The summed E-state index contributed by atoms with van der Waals surface area (Å²) in [7, 11) is 1.81. The van der Waals surface area contributed by atoms with Gasteiger partial charge in [-0.3, -0.25) is 9.67 Å². The summed E-state index contributed by atoms with van der Waals surface area (Å²) in [6.45, 7) is 4.97. The molecular weight excluding hydrogens is 286 g/mol. The number of aryl methyl sites for hydroxylation is 1. The Morgan fingerprint density at radius 3 is 2.65 bits per heavy atom. The average Bonchev–Trinajstić information content (AvgIpc) is 3.11. The van der Waals surface area contributed by atoms with Crippen molar-refractivity contribution in [3.63, 3.8) is 0 Å². The van der Waals surface area contributed by atoms with E-state index < -0.39 is 0 Å². The molecule has 0 spiro atoms. The van der Waals surface area contributed by atoms with Crippen LogP contribution in [0.3, 0.4) is 0 Å². The summed E-state index contributed by atoms with van der Waals surface area (Å²) in [5, 5.41) is 10.9. The smallest absolute Gasteiger partial charge is 0.190 e. The van der Waals surface area contributed by atoms with Gasteiger partial charge in [0.05, 0.1) is 0 Å². The lowest BCUT2D eigenvalue weighted by molar-refractivity contribution is 0.568. The van der Waals surface area contributed by atoms with Gasteiger partial charge >= 0.3 is 0 Å². The number of hydrogen-bond donors (Lipinski definition) is 2. The molecular formula is C18H27N5. The number of aliphatic imine (C=N–C) groups is 1. The monoisotopic (exact) mass is 313 g/mol. The number of nitrogens with one attached hydrogen (secondary N) is 2. The lowest BCUT2D eigenvalue weighted by Crippen LogP contribution is -2.38. The molecule has 0 saturated carbocycles. The standard InChI is InChI=1S/C18H27N5/c1-16(17-8-4-3-5-9-17)10-13-21-18(19-2)20-11-6-14-23-15-7-12-22-23/h3-5,7-9,12,15-16H,6,10-11,13-14H2,1-2H3,(H2,19,20,21). The molecule has 0 aliphatic carbocycles. The Labute approximate surface area is 138 Å². The number of rotatable bonds is 8. The molecule has 0 aliphatic heterocycles. The van der Waals surface area contributed by atoms with Crippen molar-refractivity contribution in [2.45, 2.75) is 32.2 Å². The Hall–Kier alpha value is -2.30. The molecule has 2 rings (SSSR count). The molecule has 5 heteroatoms. The van der Waals surface area contributed by atoms with Gasteiger partial charge in [-0.1, -0.05) is 37.3 Å². The predicted molar refractivity (Wildman–Crippen MR) is 95.7 cm³/mol. The van der Waals surface area contributed by atoms with Gasteiger partial charge in [-0.2, -0.15) is 5.10 Å². The number of aromatic nitrogens is 2. The second-order valence-corrected chi connectivity index (χ2v) is 5.65. The van der Waals surface area contributed by atoms with Gasteiger partial charge in [0, 0.05) is 39.1 Å². The molecule has 1 atom stereocenters. The highest BCUT2D eigenvalue weighted by molar-refractivity contribution is 5.79. The molecule has 0 bridgehead atoms. The van der Waals surface area contributed by atoms with E-state index in [9.17, 15) is 0 Å². The first kappa shape index (κ1) is 17.1. The van der Waals surface area contributed by atoms with Gasteiger partial charge in [0.2, 0.25) is 0 Å². The molecule has 0 aliphatic rings. The molecule has 2 N–H and O–H groups in total. The van der Waals surface area contributed by atoms with Crippen LogP contribution in [0.25, 0.3) is 0 Å². The SMILES string of the molecule is CN=C(NCCCn1cccn1)NCCC(C)c1ccccc1. The van der Waals surface area contributed by atoms with E-state index in [0.717, 1.165) is 38.4 Å². The van der Waals surface area contributed by atoms with Crippen LogP contribution < -0.4 is 10.6 Å². The zero-order valence-electron chi connectivity index (χ0n) is 14.1. The summed E-state index contributed by atoms with van der Waals surface area (Å²) in [6, 6.07) is 12.6. The third kappa shape index (κ3) is 6.14. The molecule has 1 heterocycles. The summed E-state index contributed by atoms with van der Waals surface area (Å²) in [5.74, 6) is 1.41. The van der Waals surface area contributed by atoms with E-state index in [1.165, 1.54) is 5.56 Å². The summed E-state index contributed by atoms with van der Waals surface area (Å²) >= 11 is 0. The fourth-order valence-corrected chi connectivity index (χ4v) is 2.46. The number of guanidine groups is 1. The highest BCUT2D eigenvalue weighted by Crippen LogP contribution is 2.17. The van der Waals surface area contributed by atoms with Crippen LogP contribution in [-0.4, -0.2) is 35.9 Å². The van der Waals surface area contributed by atoms with Crippen molar-refractivity contribution < 1.29 is 0 Å². The molecule has 124 valence electrons. The zero-order chi connectivity index (χ0) is 16.3. The van der Waals surface area contributed by atoms with Gasteiger partial charge in [0.15, 0.2) is 5.96 Å². The van der Waals surface area contributed by atoms with E-state index >= 15 is 0 Å². The minimum Gasteiger partial charge on any atom is -0.356 e. The quantitative estimate of drug-likeness (QED) is 0.447. The molecule has 1 aromatic heterocycles. The Morgan fingerprint density at radius 1 is 1.17 bits per heavy atom. The van der Waals surface area contributed by atoms with Crippen LogP contribution in [-0.2, 0) is 6.54 Å². The fraction of sp³-hybridized carbons (Fsp3) is 0.444. The molecule has 0 saturated heterocycles. The lowest BCUT2D eigenvalue weighted by atomic mass is 9.98. The van der Waals surface area contributed by atoms with E-state index in [1.54, 1.807) is 0 Å². The predicted octanol–water partition coefficient (Wildman–Crippen LogP) is 2.63. The summed E-state index contributed by atoms with van der Waals surface area (Å²) in [5.41, 5.74) is 1.39. The van der Waals surface area contributed by atoms with Crippen LogP contribution >= 0.6 is 0 Å². The van der Waals surface area contributed by atoms with Crippen LogP contribution in [0.5, 0.6) is 0 Å². The maximum absolute atomic E-state index is 4.26. The van der Waals surface area contributed by atoms with E-state index in [0.29, 0.717) is 5.92 Å². The van der Waals surface area contributed by atoms with Crippen molar-refractivity contribution in [2.24, 2.45) is 4.99 Å². The van der Waals surface area contributed by atoms with Crippen molar-refractivity contribution in [3.8, 4) is 0 Å². The van der Waals surface area contributed by atoms with E-state index in [-0.39, 0.29) is 0 Å². The first-order chi connectivity index (χ1) is 11.3. The van der Waals surface area contributed by atoms with Crippen LogP contribution in [0.4, 0.5) is 0 Å². The minimum absolute atomic E-state index is 0.543. The number of hydrogen-bond acceptors (Lipinski definition) is 2. The normalized spacial score (nSPS) is 12.9. The molecule has 0 amide bonds. The third-order valence-electron chi connectivity index (χ3n) is 3.88. The first-order valence-electron chi connectivity index (χ1n) is 8.26. The highest BCUT2D eigenvalue weighted by atomic mass is 15.3.